The highest BCUT2D eigenvalue weighted by molar-refractivity contribution is 14.1. The summed E-state index contributed by atoms with van der Waals surface area (Å²) < 4.78 is 18.2. The molecule has 76 valence electrons. The molecule has 1 rings (SSSR count). The maximum absolute atomic E-state index is 13.3. The van der Waals surface area contributed by atoms with E-state index in [1.807, 2.05) is 0 Å². The van der Waals surface area contributed by atoms with Gasteiger partial charge in [0, 0.05) is 9.03 Å². The molecule has 0 aliphatic carbocycles. The molecule has 1 aromatic rings. The molecule has 0 spiro atoms. The van der Waals surface area contributed by atoms with E-state index in [2.05, 4.69) is 4.74 Å². The van der Waals surface area contributed by atoms with E-state index in [0.29, 0.717) is 0 Å². The Kier molecular flexibility index (Phi) is 3.99. The Morgan fingerprint density at radius 3 is 2.57 bits per heavy atom. The molecule has 0 aliphatic heterocycles. The van der Waals surface area contributed by atoms with Gasteiger partial charge in [-0.1, -0.05) is 11.6 Å². The molecule has 0 atom stereocenters. The highest BCUT2D eigenvalue weighted by atomic mass is 127. The summed E-state index contributed by atoms with van der Waals surface area (Å²) in [7, 11) is -0.427. The Balaban J connectivity index is 3.40. The smallest absolute Gasteiger partial charge is 0.489 e. The Bertz CT molecular complexity index is 361. The molecule has 0 bridgehead atoms. The summed E-state index contributed by atoms with van der Waals surface area (Å²) in [5.41, 5.74) is 0.119. The Morgan fingerprint density at radius 1 is 1.57 bits per heavy atom. The molecular formula is C7H6BClFIO3. The van der Waals surface area contributed by atoms with Gasteiger partial charge in [0.15, 0.2) is 11.6 Å². The third kappa shape index (κ3) is 2.13. The zero-order chi connectivity index (χ0) is 10.9. The standard InChI is InChI=1S/C7H6BClFIO3/c1-14-4-2-3(8(12)13)7(11)5(9)6(4)10/h2,12-13H,1H3. The second-order valence-corrected chi connectivity index (χ2v) is 3.94. The average Bonchev–Trinajstić information content (AvgIpc) is 2.14. The molecule has 2 N–H and O–H groups in total. The van der Waals surface area contributed by atoms with Crippen LogP contribution in [0.3, 0.4) is 0 Å². The summed E-state index contributed by atoms with van der Waals surface area (Å²) in [5, 5.41) is 17.7. The van der Waals surface area contributed by atoms with Crippen LogP contribution in [0.1, 0.15) is 0 Å². The Morgan fingerprint density at radius 2 is 2.14 bits per heavy atom. The number of rotatable bonds is 2. The monoisotopic (exact) mass is 330 g/mol. The highest BCUT2D eigenvalue weighted by Crippen LogP contribution is 2.27. The molecule has 0 fully saturated rings. The van der Waals surface area contributed by atoms with Gasteiger partial charge in [-0.2, -0.15) is 0 Å². The van der Waals surface area contributed by atoms with Crippen molar-refractivity contribution in [3.05, 3.63) is 20.5 Å². The van der Waals surface area contributed by atoms with Crippen molar-refractivity contribution in [1.29, 1.82) is 0 Å². The average molecular weight is 330 g/mol. The van der Waals surface area contributed by atoms with Crippen molar-refractivity contribution in [3.8, 4) is 5.75 Å². The number of ether oxygens (including phenoxy) is 1. The van der Waals surface area contributed by atoms with Crippen molar-refractivity contribution >= 4 is 46.8 Å². The topological polar surface area (TPSA) is 49.7 Å². The highest BCUT2D eigenvalue weighted by Gasteiger charge is 2.22. The van der Waals surface area contributed by atoms with Crippen molar-refractivity contribution in [2.24, 2.45) is 0 Å². The fourth-order valence-corrected chi connectivity index (χ4v) is 1.81. The molecule has 0 radical (unpaired) electrons. The number of hydrogen-bond acceptors (Lipinski definition) is 3. The minimum atomic E-state index is -1.70. The summed E-state index contributed by atoms with van der Waals surface area (Å²) in [6, 6.07) is 1.20. The number of halogens is 3. The molecule has 0 heterocycles. The zero-order valence-corrected chi connectivity index (χ0v) is 10.0. The lowest BCUT2D eigenvalue weighted by molar-refractivity contribution is 0.385. The van der Waals surface area contributed by atoms with Crippen LogP contribution in [0, 0.1) is 9.39 Å². The van der Waals surface area contributed by atoms with Gasteiger partial charge in [-0.25, -0.2) is 4.39 Å². The van der Waals surface area contributed by atoms with Crippen molar-refractivity contribution in [1.82, 2.24) is 0 Å². The van der Waals surface area contributed by atoms with Crippen LogP contribution < -0.4 is 10.2 Å². The normalized spacial score (nSPS) is 10.1. The van der Waals surface area contributed by atoms with Crippen molar-refractivity contribution < 1.29 is 19.2 Å². The molecule has 0 unspecified atom stereocenters. The van der Waals surface area contributed by atoms with E-state index in [1.165, 1.54) is 13.2 Å². The van der Waals surface area contributed by atoms with Gasteiger partial charge in [0.1, 0.15) is 0 Å². The summed E-state index contributed by atoms with van der Waals surface area (Å²) >= 11 is 7.36. The lowest BCUT2D eigenvalue weighted by Crippen LogP contribution is -2.33. The lowest BCUT2D eigenvalue weighted by atomic mass is 9.80. The quantitative estimate of drug-likeness (QED) is 0.479. The van der Waals surface area contributed by atoms with E-state index in [9.17, 15) is 4.39 Å². The zero-order valence-electron chi connectivity index (χ0n) is 7.09. The molecule has 7 heteroatoms. The minimum absolute atomic E-state index is 0.112. The SMILES string of the molecule is COc1cc(B(O)O)c(I)c(Cl)c1F. The fraction of sp³-hybridized carbons (Fsp3) is 0.143. The first kappa shape index (κ1) is 12.0. The first-order chi connectivity index (χ1) is 6.49. The maximum atomic E-state index is 13.3. The van der Waals surface area contributed by atoms with Gasteiger partial charge < -0.3 is 14.8 Å². The van der Waals surface area contributed by atoms with E-state index in [4.69, 9.17) is 21.6 Å². The number of benzene rings is 1. The van der Waals surface area contributed by atoms with E-state index in [-0.39, 0.29) is 19.8 Å². The number of hydrogen-bond donors (Lipinski definition) is 2. The third-order valence-electron chi connectivity index (χ3n) is 1.64. The molecule has 14 heavy (non-hydrogen) atoms. The summed E-state index contributed by atoms with van der Waals surface area (Å²) in [4.78, 5) is 0. The second kappa shape index (κ2) is 4.65. The van der Waals surface area contributed by atoms with Crippen LogP contribution in [0.5, 0.6) is 5.75 Å². The molecule has 0 aliphatic rings. The van der Waals surface area contributed by atoms with E-state index < -0.39 is 12.9 Å². The van der Waals surface area contributed by atoms with Crippen molar-refractivity contribution in [2.45, 2.75) is 0 Å². The van der Waals surface area contributed by atoms with Crippen molar-refractivity contribution in [2.75, 3.05) is 7.11 Å². The number of methoxy groups -OCH3 is 1. The molecule has 1 aromatic carbocycles. The second-order valence-electron chi connectivity index (χ2n) is 2.48. The first-order valence-corrected chi connectivity index (χ1v) is 5.02. The van der Waals surface area contributed by atoms with E-state index in [0.717, 1.165) is 0 Å². The van der Waals surface area contributed by atoms with Crippen LogP contribution >= 0.6 is 34.2 Å². The Hall–Kier alpha value is -0.0451. The molecule has 0 saturated carbocycles. The first-order valence-electron chi connectivity index (χ1n) is 3.56. The van der Waals surface area contributed by atoms with Crippen LogP contribution in [0.15, 0.2) is 6.07 Å². The largest absolute Gasteiger partial charge is 0.494 e. The molecule has 3 nitrogen and oxygen atoms in total. The van der Waals surface area contributed by atoms with Gasteiger partial charge in [-0.05, 0) is 28.7 Å². The van der Waals surface area contributed by atoms with Gasteiger partial charge in [-0.3, -0.25) is 0 Å². The lowest BCUT2D eigenvalue weighted by Gasteiger charge is -2.09. The van der Waals surface area contributed by atoms with Crippen LogP contribution in [0.25, 0.3) is 0 Å². The van der Waals surface area contributed by atoms with E-state index in [1.54, 1.807) is 22.6 Å². The van der Waals surface area contributed by atoms with Gasteiger partial charge >= 0.3 is 7.12 Å². The third-order valence-corrected chi connectivity index (χ3v) is 3.48. The minimum Gasteiger partial charge on any atom is -0.494 e. The summed E-state index contributed by atoms with van der Waals surface area (Å²) in [6.45, 7) is 0. The van der Waals surface area contributed by atoms with Gasteiger partial charge in [-0.15, -0.1) is 0 Å². The van der Waals surface area contributed by atoms with Crippen molar-refractivity contribution in [3.63, 3.8) is 0 Å². The predicted molar refractivity (Wildman–Crippen MR) is 60.5 cm³/mol. The predicted octanol–water partition coefficient (Wildman–Crippen LogP) is 0.772. The van der Waals surface area contributed by atoms with E-state index >= 15 is 0 Å². The van der Waals surface area contributed by atoms with Crippen LogP contribution in [0.4, 0.5) is 4.39 Å². The van der Waals surface area contributed by atoms with Gasteiger partial charge in [0.25, 0.3) is 0 Å². The van der Waals surface area contributed by atoms with Crippen LogP contribution in [0.2, 0.25) is 5.02 Å². The molecule has 0 amide bonds. The van der Waals surface area contributed by atoms with Crippen LogP contribution in [-0.4, -0.2) is 24.3 Å². The molecular weight excluding hydrogens is 324 g/mol. The summed E-state index contributed by atoms with van der Waals surface area (Å²) in [6.07, 6.45) is 0. The van der Waals surface area contributed by atoms with Gasteiger partial charge in [0.2, 0.25) is 0 Å². The maximum Gasteiger partial charge on any atom is 0.489 e. The fourth-order valence-electron chi connectivity index (χ4n) is 0.936. The van der Waals surface area contributed by atoms with Crippen LogP contribution in [-0.2, 0) is 0 Å². The molecule has 0 saturated heterocycles. The van der Waals surface area contributed by atoms with Gasteiger partial charge in [0.05, 0.1) is 12.1 Å². The Labute approximate surface area is 99.1 Å². The summed E-state index contributed by atoms with van der Waals surface area (Å²) in [5.74, 6) is -0.818. The molecule has 0 aromatic heterocycles.